The number of nitrogens with one attached hydrogen (secondary N) is 1. The van der Waals surface area contributed by atoms with Gasteiger partial charge in [-0.3, -0.25) is 19.8 Å². The summed E-state index contributed by atoms with van der Waals surface area (Å²) in [6, 6.07) is 0. The Morgan fingerprint density at radius 1 is 1.70 bits per heavy atom. The number of aromatic amines is 1. The lowest BCUT2D eigenvalue weighted by Crippen LogP contribution is -2.41. The molecule has 1 fully saturated rings. The lowest BCUT2D eigenvalue weighted by molar-refractivity contribution is -0.0303. The predicted octanol–water partition coefficient (Wildman–Crippen LogP) is -0.243. The second-order valence-electron chi connectivity index (χ2n) is 4.66. The normalized spacial score (nSPS) is 31.4. The summed E-state index contributed by atoms with van der Waals surface area (Å²) in [4.78, 5) is 34.6. The molecule has 0 aliphatic carbocycles. The molecule has 0 bridgehead atoms. The average molecular weight is 321 g/mol. The minimum absolute atomic E-state index is 0.208. The molecule has 4 N–H and O–H groups in total. The minimum Gasteiger partial charge on any atom is -0.340 e. The molecule has 1 aliphatic heterocycles. The number of rotatable bonds is 3. The van der Waals surface area contributed by atoms with Gasteiger partial charge in [-0.05, 0) is 13.8 Å². The number of aryl methyl sites for hydroxylation is 1. The van der Waals surface area contributed by atoms with Gasteiger partial charge in [-0.2, -0.15) is 0 Å². The summed E-state index contributed by atoms with van der Waals surface area (Å²) in [7, 11) is -2.03. The maximum Gasteiger partial charge on any atom is 0.331 e. The van der Waals surface area contributed by atoms with E-state index in [-0.39, 0.29) is 6.42 Å². The van der Waals surface area contributed by atoms with Crippen molar-refractivity contribution in [1.29, 1.82) is 0 Å². The van der Waals surface area contributed by atoms with Crippen molar-refractivity contribution in [3.8, 4) is 0 Å². The first kappa shape index (κ1) is 15.7. The van der Waals surface area contributed by atoms with Gasteiger partial charge >= 0.3 is 5.69 Å². The summed E-state index contributed by atoms with van der Waals surface area (Å²) in [6.07, 6.45) is 0.687. The molecule has 0 spiro atoms. The van der Waals surface area contributed by atoms with E-state index < -0.39 is 37.0 Å². The van der Waals surface area contributed by atoms with Gasteiger partial charge in [0.05, 0.1) is 12.2 Å². The fraction of sp³-hybridized carbons (Fsp3) is 0.600. The molecular formula is C10H16N3O5PS. The molecule has 1 saturated heterocycles. The Bertz CT molecular complexity index is 618. The Hall–Kier alpha value is -0.700. The molecule has 1 aromatic heterocycles. The zero-order chi connectivity index (χ0) is 15.1. The van der Waals surface area contributed by atoms with Gasteiger partial charge in [0.25, 0.3) is 5.56 Å². The van der Waals surface area contributed by atoms with Gasteiger partial charge < -0.3 is 14.2 Å². The minimum atomic E-state index is -2.03. The smallest absolute Gasteiger partial charge is 0.331 e. The number of hydrogen-bond acceptors (Lipinski definition) is 7. The zero-order valence-corrected chi connectivity index (χ0v) is 12.7. The van der Waals surface area contributed by atoms with Crippen molar-refractivity contribution in [2.24, 2.45) is 5.50 Å². The first-order chi connectivity index (χ1) is 9.23. The van der Waals surface area contributed by atoms with Gasteiger partial charge in [0.15, 0.2) is 5.06 Å². The number of ether oxygens (including phenoxy) is 1. The molecule has 1 aliphatic rings. The molecule has 2 rings (SSSR count). The molecule has 0 radical (unpaired) electrons. The highest BCUT2D eigenvalue weighted by molar-refractivity contribution is 7.80. The van der Waals surface area contributed by atoms with Crippen LogP contribution in [0.5, 0.6) is 0 Å². The summed E-state index contributed by atoms with van der Waals surface area (Å²) in [5, 5.41) is -1.26. The summed E-state index contributed by atoms with van der Waals surface area (Å²) < 4.78 is 12.0. The third-order valence-corrected chi connectivity index (χ3v) is 4.10. The fourth-order valence-electron chi connectivity index (χ4n) is 2.09. The van der Waals surface area contributed by atoms with Gasteiger partial charge in [-0.15, -0.1) is 12.6 Å². The van der Waals surface area contributed by atoms with Crippen molar-refractivity contribution in [2.45, 2.75) is 37.5 Å². The molecule has 1 aromatic rings. The molecule has 0 aromatic carbocycles. The molecule has 1 unspecified atom stereocenters. The molecule has 20 heavy (non-hydrogen) atoms. The van der Waals surface area contributed by atoms with Gasteiger partial charge in [-0.25, -0.2) is 4.79 Å². The average Bonchev–Trinajstić information content (AvgIpc) is 2.59. The van der Waals surface area contributed by atoms with E-state index in [4.69, 9.17) is 19.7 Å². The largest absolute Gasteiger partial charge is 0.340 e. The van der Waals surface area contributed by atoms with Crippen molar-refractivity contribution in [1.82, 2.24) is 9.55 Å². The maximum absolute atomic E-state index is 11.9. The SMILES string of the molecule is Cc1cn([C@@]2(S)C[C@H](OP(N)O)[C@@H](C)O2)c(=O)[nH]c1=O. The standard InChI is InChI=1S/C10H16N3O5PS/c1-5-4-13(9(15)12-8(5)14)10(20)3-7(6(2)17-10)18-19(11)16/h4,6-7,16,20H,3,11H2,1-2H3,(H,12,14,15)/t6-,7+,10+,19?/m1/s1. The highest BCUT2D eigenvalue weighted by atomic mass is 32.1. The van der Waals surface area contributed by atoms with E-state index >= 15 is 0 Å². The van der Waals surface area contributed by atoms with Crippen LogP contribution < -0.4 is 16.8 Å². The van der Waals surface area contributed by atoms with E-state index in [1.807, 2.05) is 0 Å². The van der Waals surface area contributed by atoms with Crippen molar-refractivity contribution in [3.63, 3.8) is 0 Å². The third-order valence-electron chi connectivity index (χ3n) is 3.11. The van der Waals surface area contributed by atoms with Crippen LogP contribution >= 0.6 is 21.2 Å². The first-order valence-electron chi connectivity index (χ1n) is 5.86. The number of hydrogen-bond donors (Lipinski definition) is 4. The van der Waals surface area contributed by atoms with Crippen LogP contribution in [0.4, 0.5) is 0 Å². The second kappa shape index (κ2) is 5.59. The van der Waals surface area contributed by atoms with Crippen molar-refractivity contribution >= 4 is 21.2 Å². The first-order valence-corrected chi connectivity index (χ1v) is 7.59. The Kier molecular flexibility index (Phi) is 4.38. The Morgan fingerprint density at radius 3 is 2.95 bits per heavy atom. The summed E-state index contributed by atoms with van der Waals surface area (Å²) in [6.45, 7) is 3.30. The lowest BCUT2D eigenvalue weighted by atomic mass is 10.2. The Labute approximate surface area is 121 Å². The van der Waals surface area contributed by atoms with Crippen molar-refractivity contribution in [3.05, 3.63) is 32.6 Å². The quantitative estimate of drug-likeness (QED) is 0.450. The highest BCUT2D eigenvalue weighted by Crippen LogP contribution is 2.42. The van der Waals surface area contributed by atoms with E-state index in [1.54, 1.807) is 13.8 Å². The number of H-pyrrole nitrogens is 1. The molecule has 2 heterocycles. The monoisotopic (exact) mass is 321 g/mol. The van der Waals surface area contributed by atoms with Crippen LogP contribution in [0.25, 0.3) is 0 Å². The zero-order valence-electron chi connectivity index (χ0n) is 10.9. The van der Waals surface area contributed by atoms with Crippen LogP contribution in [-0.4, -0.2) is 26.7 Å². The van der Waals surface area contributed by atoms with Crippen LogP contribution in [0.1, 0.15) is 18.9 Å². The Balaban J connectivity index is 2.36. The molecule has 112 valence electrons. The van der Waals surface area contributed by atoms with Crippen molar-refractivity contribution < 1.29 is 14.2 Å². The number of nitrogens with zero attached hydrogens (tertiary/aromatic N) is 1. The topological polar surface area (TPSA) is 120 Å². The van der Waals surface area contributed by atoms with Crippen molar-refractivity contribution in [2.75, 3.05) is 0 Å². The number of thiol groups is 1. The fourth-order valence-corrected chi connectivity index (χ4v) is 3.11. The summed E-state index contributed by atoms with van der Waals surface area (Å²) >= 11 is 4.39. The molecular weight excluding hydrogens is 305 g/mol. The molecule has 10 heteroatoms. The summed E-state index contributed by atoms with van der Waals surface area (Å²) in [5.41, 5.74) is 4.52. The molecule has 0 saturated carbocycles. The number of aromatic nitrogens is 2. The van der Waals surface area contributed by atoms with Crippen LogP contribution in [0.2, 0.25) is 0 Å². The summed E-state index contributed by atoms with van der Waals surface area (Å²) in [5.74, 6) is 0. The van der Waals surface area contributed by atoms with E-state index in [1.165, 1.54) is 10.8 Å². The van der Waals surface area contributed by atoms with E-state index in [2.05, 4.69) is 17.6 Å². The number of nitrogens with two attached hydrogens (primary N) is 1. The molecule has 0 amide bonds. The van der Waals surface area contributed by atoms with Gasteiger partial charge in [0, 0.05) is 18.2 Å². The van der Waals surface area contributed by atoms with Crippen LogP contribution in [0, 0.1) is 6.92 Å². The molecule has 4 atom stereocenters. The lowest BCUT2D eigenvalue weighted by Gasteiger charge is -2.25. The van der Waals surface area contributed by atoms with Gasteiger partial charge in [0.1, 0.15) is 0 Å². The molecule has 8 nitrogen and oxygen atoms in total. The van der Waals surface area contributed by atoms with E-state index in [0.717, 1.165) is 0 Å². The Morgan fingerprint density at radius 2 is 2.35 bits per heavy atom. The second-order valence-corrected chi connectivity index (χ2v) is 6.17. The van der Waals surface area contributed by atoms with E-state index in [0.29, 0.717) is 5.56 Å². The highest BCUT2D eigenvalue weighted by Gasteiger charge is 2.45. The van der Waals surface area contributed by atoms with Crippen LogP contribution in [-0.2, 0) is 14.3 Å². The van der Waals surface area contributed by atoms with Gasteiger partial charge in [-0.1, -0.05) is 0 Å². The maximum atomic E-state index is 11.9. The van der Waals surface area contributed by atoms with Crippen LogP contribution in [0.3, 0.4) is 0 Å². The van der Waals surface area contributed by atoms with Gasteiger partial charge in [0.2, 0.25) is 8.53 Å². The van der Waals surface area contributed by atoms with Crippen LogP contribution in [0.15, 0.2) is 15.8 Å². The van der Waals surface area contributed by atoms with E-state index in [9.17, 15) is 9.59 Å². The predicted molar refractivity (Wildman–Crippen MR) is 76.4 cm³/mol. The third kappa shape index (κ3) is 2.98.